The Morgan fingerprint density at radius 2 is 1.79 bits per heavy atom. The fourth-order valence-corrected chi connectivity index (χ4v) is 3.47. The Labute approximate surface area is 178 Å². The molecule has 0 bridgehead atoms. The van der Waals surface area contributed by atoms with E-state index in [-0.39, 0.29) is 24.0 Å². The third-order valence-corrected chi connectivity index (χ3v) is 5.04. The summed E-state index contributed by atoms with van der Waals surface area (Å²) in [5, 5.41) is 3.38. The number of ether oxygens (including phenoxy) is 1. The maximum absolute atomic E-state index is 13.1. The zero-order chi connectivity index (χ0) is 21.0. The van der Waals surface area contributed by atoms with Gasteiger partial charge < -0.3 is 15.0 Å². The van der Waals surface area contributed by atoms with Crippen molar-refractivity contribution in [3.8, 4) is 0 Å². The first-order valence-electron chi connectivity index (χ1n) is 8.72. The van der Waals surface area contributed by atoms with Crippen molar-refractivity contribution < 1.29 is 19.1 Å². The van der Waals surface area contributed by atoms with Crippen LogP contribution in [0.15, 0.2) is 54.6 Å². The van der Waals surface area contributed by atoms with Crippen molar-refractivity contribution in [1.82, 2.24) is 4.90 Å². The van der Waals surface area contributed by atoms with E-state index >= 15 is 0 Å². The summed E-state index contributed by atoms with van der Waals surface area (Å²) in [6.45, 7) is -0.242. The quantitative estimate of drug-likeness (QED) is 0.559. The Kier molecular flexibility index (Phi) is 6.46. The molecule has 1 heterocycles. The number of rotatable bonds is 6. The molecule has 1 saturated heterocycles. The van der Waals surface area contributed by atoms with E-state index in [9.17, 15) is 14.4 Å². The fraction of sp³-hybridized carbons (Fsp3) is 0.200. The molecule has 1 fully saturated rings. The van der Waals surface area contributed by atoms with Crippen molar-refractivity contribution in [2.45, 2.75) is 12.5 Å². The minimum absolute atomic E-state index is 0.125. The van der Waals surface area contributed by atoms with Crippen LogP contribution in [0, 0.1) is 0 Å². The van der Waals surface area contributed by atoms with Crippen LogP contribution in [0.1, 0.15) is 6.42 Å². The van der Waals surface area contributed by atoms with Crippen molar-refractivity contribution in [1.29, 1.82) is 0 Å². The average Bonchev–Trinajstić information content (AvgIpc) is 2.93. The number of benzene rings is 2. The summed E-state index contributed by atoms with van der Waals surface area (Å²) in [4.78, 5) is 40.2. The lowest BCUT2D eigenvalue weighted by Gasteiger charge is -2.22. The van der Waals surface area contributed by atoms with Gasteiger partial charge in [-0.05, 0) is 48.6 Å². The van der Waals surface area contributed by atoms with E-state index in [2.05, 4.69) is 5.32 Å². The highest BCUT2D eigenvalue weighted by atomic mass is 35.5. The molecule has 0 unspecified atom stereocenters. The van der Waals surface area contributed by atoms with Gasteiger partial charge in [-0.3, -0.25) is 19.3 Å². The van der Waals surface area contributed by atoms with E-state index in [4.69, 9.17) is 28.6 Å². The highest BCUT2D eigenvalue weighted by Crippen LogP contribution is 2.28. The van der Waals surface area contributed by atoms with E-state index in [0.29, 0.717) is 16.4 Å². The lowest BCUT2D eigenvalue weighted by molar-refractivity contribution is -0.141. The number of carbonyl (C=O) groups is 3. The molecule has 0 aliphatic carbocycles. The van der Waals surface area contributed by atoms with Crippen LogP contribution in [0.4, 0.5) is 11.4 Å². The van der Waals surface area contributed by atoms with Gasteiger partial charge in [0, 0.05) is 10.7 Å². The van der Waals surface area contributed by atoms with Gasteiger partial charge in [-0.25, -0.2) is 0 Å². The van der Waals surface area contributed by atoms with E-state index in [1.807, 2.05) is 6.07 Å². The number of amides is 2. The Balaban J connectivity index is 1.84. The Bertz CT molecular complexity index is 937. The molecule has 0 aromatic heterocycles. The number of methoxy groups -OCH3 is 1. The number of nitrogens with zero attached hydrogens (tertiary/aromatic N) is 2. The van der Waals surface area contributed by atoms with E-state index in [1.54, 1.807) is 48.5 Å². The molecule has 1 aliphatic rings. The minimum atomic E-state index is -0.930. The summed E-state index contributed by atoms with van der Waals surface area (Å²) < 4.78 is 4.71. The van der Waals surface area contributed by atoms with Crippen LogP contribution in [-0.2, 0) is 19.1 Å². The first-order chi connectivity index (χ1) is 13.9. The van der Waals surface area contributed by atoms with Crippen molar-refractivity contribution in [3.05, 3.63) is 59.6 Å². The van der Waals surface area contributed by atoms with Gasteiger partial charge in [-0.15, -0.1) is 0 Å². The predicted molar refractivity (Wildman–Crippen MR) is 114 cm³/mol. The molecular weight excluding hydrogens is 414 g/mol. The second kappa shape index (κ2) is 9.02. The van der Waals surface area contributed by atoms with Crippen LogP contribution >= 0.6 is 23.8 Å². The Morgan fingerprint density at radius 3 is 2.41 bits per heavy atom. The normalized spacial score (nSPS) is 16.1. The zero-order valence-electron chi connectivity index (χ0n) is 15.5. The summed E-state index contributed by atoms with van der Waals surface area (Å²) in [6, 6.07) is 14.5. The van der Waals surface area contributed by atoms with Crippen LogP contribution in [0.25, 0.3) is 0 Å². The maximum Gasteiger partial charge on any atom is 0.325 e. The van der Waals surface area contributed by atoms with Crippen molar-refractivity contribution in [3.63, 3.8) is 0 Å². The molecule has 1 atom stereocenters. The molecule has 7 nitrogen and oxygen atoms in total. The molecular formula is C20H18ClN3O4S. The molecule has 2 amide bonds. The summed E-state index contributed by atoms with van der Waals surface area (Å²) in [7, 11) is 1.25. The molecule has 0 saturated carbocycles. The van der Waals surface area contributed by atoms with Gasteiger partial charge >= 0.3 is 5.97 Å². The molecule has 29 heavy (non-hydrogen) atoms. The monoisotopic (exact) mass is 431 g/mol. The number of anilines is 2. The smallest absolute Gasteiger partial charge is 0.325 e. The SMILES string of the molecule is COC(=O)CN1C(=S)N(c2ccc(Cl)cc2)C(=O)[C@@H]1CC(=O)Nc1ccccc1. The first kappa shape index (κ1) is 20.8. The van der Waals surface area contributed by atoms with Gasteiger partial charge in [0.1, 0.15) is 12.6 Å². The fourth-order valence-electron chi connectivity index (χ4n) is 2.95. The summed E-state index contributed by atoms with van der Waals surface area (Å²) >= 11 is 11.4. The van der Waals surface area contributed by atoms with Crippen molar-refractivity contribution in [2.75, 3.05) is 23.9 Å². The van der Waals surface area contributed by atoms with E-state index in [1.165, 1.54) is 16.9 Å². The topological polar surface area (TPSA) is 79.0 Å². The number of carbonyl (C=O) groups excluding carboxylic acids is 3. The van der Waals surface area contributed by atoms with Gasteiger partial charge in [0.25, 0.3) is 5.91 Å². The Hall–Kier alpha value is -2.97. The number of hydrogen-bond acceptors (Lipinski definition) is 5. The molecule has 1 aliphatic heterocycles. The third-order valence-electron chi connectivity index (χ3n) is 4.37. The highest BCUT2D eigenvalue weighted by molar-refractivity contribution is 7.80. The summed E-state index contributed by atoms with van der Waals surface area (Å²) in [5.74, 6) is -1.33. The Morgan fingerprint density at radius 1 is 1.14 bits per heavy atom. The summed E-state index contributed by atoms with van der Waals surface area (Å²) in [6.07, 6.45) is -0.172. The van der Waals surface area contributed by atoms with Crippen LogP contribution in [-0.4, -0.2) is 47.5 Å². The lowest BCUT2D eigenvalue weighted by atomic mass is 10.1. The minimum Gasteiger partial charge on any atom is -0.468 e. The highest BCUT2D eigenvalue weighted by Gasteiger charge is 2.45. The molecule has 3 rings (SSSR count). The van der Waals surface area contributed by atoms with Gasteiger partial charge in [0.15, 0.2) is 5.11 Å². The number of nitrogens with one attached hydrogen (secondary N) is 1. The molecule has 9 heteroatoms. The second-order valence-corrected chi connectivity index (χ2v) is 7.07. The molecule has 0 radical (unpaired) electrons. The maximum atomic E-state index is 13.1. The molecule has 1 N–H and O–H groups in total. The van der Waals surface area contributed by atoms with Crippen LogP contribution in [0.2, 0.25) is 5.02 Å². The van der Waals surface area contributed by atoms with E-state index < -0.39 is 17.9 Å². The van der Waals surface area contributed by atoms with Crippen LogP contribution in [0.5, 0.6) is 0 Å². The van der Waals surface area contributed by atoms with E-state index in [0.717, 1.165) is 0 Å². The summed E-state index contributed by atoms with van der Waals surface area (Å²) in [5.41, 5.74) is 1.12. The number of halogens is 1. The van der Waals surface area contributed by atoms with Crippen molar-refractivity contribution >= 4 is 58.1 Å². The predicted octanol–water partition coefficient (Wildman–Crippen LogP) is 2.84. The average molecular weight is 432 g/mol. The molecule has 150 valence electrons. The van der Waals surface area contributed by atoms with Crippen LogP contribution < -0.4 is 10.2 Å². The van der Waals surface area contributed by atoms with Crippen molar-refractivity contribution in [2.24, 2.45) is 0 Å². The van der Waals surface area contributed by atoms with Gasteiger partial charge in [0.05, 0.1) is 19.2 Å². The number of thiocarbonyl (C=S) groups is 1. The number of para-hydroxylation sites is 1. The van der Waals surface area contributed by atoms with Gasteiger partial charge in [-0.1, -0.05) is 29.8 Å². The number of hydrogen-bond donors (Lipinski definition) is 1. The molecule has 2 aromatic carbocycles. The van der Waals surface area contributed by atoms with Gasteiger partial charge in [0.2, 0.25) is 5.91 Å². The second-order valence-electron chi connectivity index (χ2n) is 6.27. The lowest BCUT2D eigenvalue weighted by Crippen LogP contribution is -2.41. The van der Waals surface area contributed by atoms with Crippen LogP contribution in [0.3, 0.4) is 0 Å². The first-order valence-corrected chi connectivity index (χ1v) is 9.51. The molecule has 0 spiro atoms. The zero-order valence-corrected chi connectivity index (χ0v) is 17.1. The third kappa shape index (κ3) is 4.72. The standard InChI is InChI=1S/C20H18ClN3O4S/c1-28-18(26)12-23-16(11-17(25)22-14-5-3-2-4-6-14)19(27)24(20(23)29)15-9-7-13(21)8-10-15/h2-10,16H,11-12H2,1H3,(H,22,25)/t16-/m0/s1. The molecule has 2 aromatic rings. The largest absolute Gasteiger partial charge is 0.468 e. The van der Waals surface area contributed by atoms with Gasteiger partial charge in [-0.2, -0.15) is 0 Å². The number of esters is 1.